The SMILES string of the molecule is O=C(C1CC1)N1CCC[C@@H](c2cc3ccccc3cn2)C1. The van der Waals surface area contributed by atoms with E-state index in [4.69, 9.17) is 0 Å². The second-order valence-corrected chi connectivity index (χ2v) is 6.35. The summed E-state index contributed by atoms with van der Waals surface area (Å²) < 4.78 is 0. The molecule has 0 spiro atoms. The summed E-state index contributed by atoms with van der Waals surface area (Å²) in [4.78, 5) is 19.0. The van der Waals surface area contributed by atoms with Crippen molar-refractivity contribution in [2.45, 2.75) is 31.6 Å². The smallest absolute Gasteiger partial charge is 0.225 e. The number of rotatable bonds is 2. The molecule has 1 atom stereocenters. The van der Waals surface area contributed by atoms with Crippen molar-refractivity contribution in [2.24, 2.45) is 5.92 Å². The van der Waals surface area contributed by atoms with Gasteiger partial charge in [0.1, 0.15) is 0 Å². The van der Waals surface area contributed by atoms with Gasteiger partial charge in [0, 0.05) is 42.2 Å². The topological polar surface area (TPSA) is 33.2 Å². The van der Waals surface area contributed by atoms with Crippen LogP contribution >= 0.6 is 0 Å². The van der Waals surface area contributed by atoms with E-state index in [-0.39, 0.29) is 0 Å². The van der Waals surface area contributed by atoms with Crippen molar-refractivity contribution in [3.8, 4) is 0 Å². The second kappa shape index (κ2) is 5.14. The zero-order valence-corrected chi connectivity index (χ0v) is 12.2. The third kappa shape index (κ3) is 2.53. The zero-order chi connectivity index (χ0) is 14.2. The first-order valence-electron chi connectivity index (χ1n) is 7.95. The molecule has 0 radical (unpaired) electrons. The molecule has 1 amide bonds. The lowest BCUT2D eigenvalue weighted by Gasteiger charge is -2.32. The fourth-order valence-corrected chi connectivity index (χ4v) is 3.33. The van der Waals surface area contributed by atoms with Crippen LogP contribution in [0.25, 0.3) is 10.8 Å². The van der Waals surface area contributed by atoms with E-state index in [9.17, 15) is 4.79 Å². The number of aromatic nitrogens is 1. The Bertz CT molecular complexity index is 678. The monoisotopic (exact) mass is 280 g/mol. The number of pyridine rings is 1. The van der Waals surface area contributed by atoms with Crippen LogP contribution in [0.15, 0.2) is 36.5 Å². The number of carbonyl (C=O) groups is 1. The largest absolute Gasteiger partial charge is 0.342 e. The molecule has 0 unspecified atom stereocenters. The van der Waals surface area contributed by atoms with Crippen LogP contribution in [0.4, 0.5) is 0 Å². The molecule has 1 aromatic heterocycles. The van der Waals surface area contributed by atoms with Crippen LogP contribution in [0, 0.1) is 5.92 Å². The van der Waals surface area contributed by atoms with E-state index in [1.54, 1.807) is 0 Å². The first-order valence-corrected chi connectivity index (χ1v) is 7.95. The average molecular weight is 280 g/mol. The van der Waals surface area contributed by atoms with Crippen molar-refractivity contribution in [2.75, 3.05) is 13.1 Å². The number of nitrogens with zero attached hydrogens (tertiary/aromatic N) is 2. The molecule has 2 aromatic rings. The van der Waals surface area contributed by atoms with E-state index in [2.05, 4.69) is 34.1 Å². The van der Waals surface area contributed by atoms with Crippen molar-refractivity contribution in [1.29, 1.82) is 0 Å². The molecule has 2 heterocycles. The minimum atomic E-state index is 0.327. The summed E-state index contributed by atoms with van der Waals surface area (Å²) in [5.74, 6) is 1.10. The standard InChI is InChI=1S/C18H20N2O/c21-18(13-7-8-13)20-9-3-6-16(12-20)17-10-14-4-1-2-5-15(14)11-19-17/h1-2,4-5,10-11,13,16H,3,6-9,12H2/t16-/m1/s1. The molecular formula is C18H20N2O. The Kier molecular flexibility index (Phi) is 3.13. The van der Waals surface area contributed by atoms with E-state index >= 15 is 0 Å². The molecule has 108 valence electrons. The van der Waals surface area contributed by atoms with Crippen LogP contribution in [0.1, 0.15) is 37.3 Å². The highest BCUT2D eigenvalue weighted by Crippen LogP contribution is 2.34. The fraction of sp³-hybridized carbons (Fsp3) is 0.444. The summed E-state index contributed by atoms with van der Waals surface area (Å²) in [6.07, 6.45) is 6.38. The number of hydrogen-bond acceptors (Lipinski definition) is 2. The van der Waals surface area contributed by atoms with Crippen LogP contribution in [0.3, 0.4) is 0 Å². The van der Waals surface area contributed by atoms with Crippen LogP contribution < -0.4 is 0 Å². The first-order chi connectivity index (χ1) is 10.3. The van der Waals surface area contributed by atoms with Crippen molar-refractivity contribution in [1.82, 2.24) is 9.88 Å². The normalized spacial score (nSPS) is 22.5. The number of likely N-dealkylation sites (tertiary alicyclic amines) is 1. The Morgan fingerprint density at radius 1 is 1.14 bits per heavy atom. The molecular weight excluding hydrogens is 260 g/mol. The Morgan fingerprint density at radius 3 is 2.76 bits per heavy atom. The minimum absolute atomic E-state index is 0.327. The fourth-order valence-electron chi connectivity index (χ4n) is 3.33. The molecule has 0 N–H and O–H groups in total. The molecule has 2 fully saturated rings. The maximum absolute atomic E-state index is 12.3. The number of carbonyl (C=O) groups excluding carboxylic acids is 1. The Morgan fingerprint density at radius 2 is 1.95 bits per heavy atom. The van der Waals surface area contributed by atoms with E-state index in [0.717, 1.165) is 44.5 Å². The predicted octanol–water partition coefficient (Wildman–Crippen LogP) is 3.35. The van der Waals surface area contributed by atoms with Gasteiger partial charge in [0.25, 0.3) is 0 Å². The first kappa shape index (κ1) is 12.8. The van der Waals surface area contributed by atoms with Crippen LogP contribution in [0.5, 0.6) is 0 Å². The lowest BCUT2D eigenvalue weighted by atomic mass is 9.93. The Labute approximate surface area is 125 Å². The van der Waals surface area contributed by atoms with Crippen LogP contribution in [-0.4, -0.2) is 28.9 Å². The zero-order valence-electron chi connectivity index (χ0n) is 12.2. The third-order valence-electron chi connectivity index (χ3n) is 4.73. The van der Waals surface area contributed by atoms with Crippen LogP contribution in [0.2, 0.25) is 0 Å². The molecule has 1 saturated heterocycles. The summed E-state index contributed by atoms with van der Waals surface area (Å²) in [6, 6.07) is 10.5. The summed E-state index contributed by atoms with van der Waals surface area (Å²) in [5, 5.41) is 2.43. The molecule has 1 aliphatic carbocycles. The van der Waals surface area contributed by atoms with Crippen molar-refractivity contribution in [3.05, 3.63) is 42.2 Å². The van der Waals surface area contributed by atoms with E-state index < -0.39 is 0 Å². The summed E-state index contributed by atoms with van der Waals surface area (Å²) >= 11 is 0. The Hall–Kier alpha value is -1.90. The van der Waals surface area contributed by atoms with Gasteiger partial charge < -0.3 is 4.90 Å². The van der Waals surface area contributed by atoms with E-state index in [1.165, 1.54) is 10.8 Å². The van der Waals surface area contributed by atoms with Gasteiger partial charge in [-0.05, 0) is 37.1 Å². The molecule has 0 bridgehead atoms. The maximum atomic E-state index is 12.3. The number of amides is 1. The van der Waals surface area contributed by atoms with Gasteiger partial charge in [-0.15, -0.1) is 0 Å². The lowest BCUT2D eigenvalue weighted by Crippen LogP contribution is -2.40. The van der Waals surface area contributed by atoms with Gasteiger partial charge in [0.15, 0.2) is 0 Å². The molecule has 1 aromatic carbocycles. The second-order valence-electron chi connectivity index (χ2n) is 6.35. The van der Waals surface area contributed by atoms with Gasteiger partial charge in [-0.2, -0.15) is 0 Å². The average Bonchev–Trinajstić information content (AvgIpc) is 3.39. The van der Waals surface area contributed by atoms with Crippen molar-refractivity contribution < 1.29 is 4.79 Å². The van der Waals surface area contributed by atoms with Gasteiger partial charge in [0.2, 0.25) is 5.91 Å². The van der Waals surface area contributed by atoms with Gasteiger partial charge in [-0.1, -0.05) is 24.3 Å². The predicted molar refractivity (Wildman–Crippen MR) is 83.0 cm³/mol. The summed E-state index contributed by atoms with van der Waals surface area (Å²) in [7, 11) is 0. The minimum Gasteiger partial charge on any atom is -0.342 e. The molecule has 1 aliphatic heterocycles. The highest BCUT2D eigenvalue weighted by molar-refractivity contribution is 5.82. The highest BCUT2D eigenvalue weighted by atomic mass is 16.2. The van der Waals surface area contributed by atoms with Gasteiger partial charge in [-0.25, -0.2) is 0 Å². The van der Waals surface area contributed by atoms with Crippen LogP contribution in [-0.2, 0) is 4.79 Å². The number of hydrogen-bond donors (Lipinski definition) is 0. The number of benzene rings is 1. The van der Waals surface area contributed by atoms with Crippen molar-refractivity contribution in [3.63, 3.8) is 0 Å². The lowest BCUT2D eigenvalue weighted by molar-refractivity contribution is -0.133. The van der Waals surface area contributed by atoms with E-state index in [1.807, 2.05) is 12.3 Å². The molecule has 4 rings (SSSR count). The maximum Gasteiger partial charge on any atom is 0.225 e. The number of fused-ring (bicyclic) bond motifs is 1. The number of piperidine rings is 1. The third-order valence-corrected chi connectivity index (χ3v) is 4.73. The Balaban J connectivity index is 1.57. The quantitative estimate of drug-likeness (QED) is 0.845. The molecule has 1 saturated carbocycles. The van der Waals surface area contributed by atoms with Gasteiger partial charge in [0.05, 0.1) is 0 Å². The summed E-state index contributed by atoms with van der Waals surface area (Å²) in [5.41, 5.74) is 1.14. The van der Waals surface area contributed by atoms with E-state index in [0.29, 0.717) is 17.7 Å². The van der Waals surface area contributed by atoms with Gasteiger partial charge in [-0.3, -0.25) is 9.78 Å². The molecule has 3 nitrogen and oxygen atoms in total. The molecule has 2 aliphatic rings. The molecule has 3 heteroatoms. The van der Waals surface area contributed by atoms with Gasteiger partial charge >= 0.3 is 0 Å². The summed E-state index contributed by atoms with van der Waals surface area (Å²) in [6.45, 7) is 1.78. The molecule has 21 heavy (non-hydrogen) atoms. The van der Waals surface area contributed by atoms with Crippen molar-refractivity contribution >= 4 is 16.7 Å². The highest BCUT2D eigenvalue weighted by Gasteiger charge is 2.35.